The van der Waals surface area contributed by atoms with E-state index >= 15 is 0 Å². The predicted octanol–water partition coefficient (Wildman–Crippen LogP) is 3.42. The van der Waals surface area contributed by atoms with Crippen molar-refractivity contribution in [2.45, 2.75) is 39.5 Å². The summed E-state index contributed by atoms with van der Waals surface area (Å²) in [7, 11) is 0. The molecule has 0 aromatic heterocycles. The van der Waals surface area contributed by atoms with Gasteiger partial charge in [-0.15, -0.1) is 0 Å². The number of rotatable bonds is 5. The van der Waals surface area contributed by atoms with Crippen molar-refractivity contribution in [3.63, 3.8) is 0 Å². The summed E-state index contributed by atoms with van der Waals surface area (Å²) in [5.41, 5.74) is 3.04. The molecule has 22 heavy (non-hydrogen) atoms. The van der Waals surface area contributed by atoms with Gasteiger partial charge in [-0.05, 0) is 36.8 Å². The number of amides is 1. The summed E-state index contributed by atoms with van der Waals surface area (Å²) in [4.78, 5) is 24.0. The number of aryl methyl sites for hydroxylation is 2. The van der Waals surface area contributed by atoms with Crippen LogP contribution in [0.5, 0.6) is 0 Å². The van der Waals surface area contributed by atoms with Crippen LogP contribution in [0.15, 0.2) is 30.4 Å². The molecule has 0 spiro atoms. The molecule has 0 radical (unpaired) electrons. The van der Waals surface area contributed by atoms with Crippen LogP contribution in [0.2, 0.25) is 0 Å². The van der Waals surface area contributed by atoms with E-state index in [-0.39, 0.29) is 5.91 Å². The first-order valence-corrected chi connectivity index (χ1v) is 7.87. The van der Waals surface area contributed by atoms with Crippen LogP contribution in [0, 0.1) is 11.8 Å². The number of carbonyl (C=O) groups excluding carboxylic acids is 1. The highest BCUT2D eigenvalue weighted by molar-refractivity contribution is 5.96. The summed E-state index contributed by atoms with van der Waals surface area (Å²) in [6.07, 6.45) is 6.31. The molecular formula is C18H23NO3. The number of carboxylic acid groups (broad SMARTS) is 1. The third-order valence-electron chi connectivity index (χ3n) is 4.33. The first-order valence-electron chi connectivity index (χ1n) is 7.87. The van der Waals surface area contributed by atoms with E-state index in [2.05, 4.69) is 5.32 Å². The second-order valence-electron chi connectivity index (χ2n) is 5.64. The summed E-state index contributed by atoms with van der Waals surface area (Å²) >= 11 is 0. The van der Waals surface area contributed by atoms with Gasteiger partial charge in [0.25, 0.3) is 0 Å². The fourth-order valence-electron chi connectivity index (χ4n) is 3.00. The standard InChI is InChI=1S/C18H23NO3/c1-3-12-8-7-9-13(4-2)16(12)19-17(20)14-10-5-6-11-15(14)18(21)22/h5-9,14-15H,3-4,10-11H2,1-2H3,(H,19,20)(H,21,22)/t14-,15-/m1/s1. The topological polar surface area (TPSA) is 66.4 Å². The molecule has 2 atom stereocenters. The number of aliphatic carboxylic acids is 1. The average Bonchev–Trinajstić information content (AvgIpc) is 2.54. The largest absolute Gasteiger partial charge is 0.481 e. The van der Waals surface area contributed by atoms with Crippen LogP contribution >= 0.6 is 0 Å². The fourth-order valence-corrected chi connectivity index (χ4v) is 3.00. The molecule has 1 aliphatic carbocycles. The third-order valence-corrected chi connectivity index (χ3v) is 4.33. The third kappa shape index (κ3) is 3.38. The molecule has 2 N–H and O–H groups in total. The Hall–Kier alpha value is -2.10. The minimum Gasteiger partial charge on any atom is -0.481 e. The lowest BCUT2D eigenvalue weighted by Crippen LogP contribution is -2.35. The normalized spacial score (nSPS) is 20.6. The van der Waals surface area contributed by atoms with Crippen molar-refractivity contribution in [1.82, 2.24) is 0 Å². The number of carboxylic acids is 1. The van der Waals surface area contributed by atoms with Gasteiger partial charge in [0.2, 0.25) is 5.91 Å². The Morgan fingerprint density at radius 2 is 1.64 bits per heavy atom. The van der Waals surface area contributed by atoms with Gasteiger partial charge in [-0.2, -0.15) is 0 Å². The zero-order valence-electron chi connectivity index (χ0n) is 13.1. The smallest absolute Gasteiger partial charge is 0.307 e. The lowest BCUT2D eigenvalue weighted by Gasteiger charge is -2.25. The minimum atomic E-state index is -0.899. The Morgan fingerprint density at radius 1 is 1.09 bits per heavy atom. The van der Waals surface area contributed by atoms with E-state index in [0.29, 0.717) is 12.8 Å². The fraction of sp³-hybridized carbons (Fsp3) is 0.444. The number of hydrogen-bond acceptors (Lipinski definition) is 2. The molecule has 1 aromatic carbocycles. The first-order chi connectivity index (χ1) is 10.6. The highest BCUT2D eigenvalue weighted by Gasteiger charge is 2.34. The van der Waals surface area contributed by atoms with Gasteiger partial charge < -0.3 is 10.4 Å². The van der Waals surface area contributed by atoms with E-state index in [1.807, 2.05) is 44.2 Å². The van der Waals surface area contributed by atoms with Crippen molar-refractivity contribution < 1.29 is 14.7 Å². The van der Waals surface area contributed by atoms with Crippen LogP contribution < -0.4 is 5.32 Å². The van der Waals surface area contributed by atoms with E-state index in [1.54, 1.807) is 0 Å². The van der Waals surface area contributed by atoms with Crippen molar-refractivity contribution >= 4 is 17.6 Å². The SMILES string of the molecule is CCc1cccc(CC)c1NC(=O)[C@@H]1CC=CC[C@H]1C(=O)O. The average molecular weight is 301 g/mol. The van der Waals surface area contributed by atoms with Crippen molar-refractivity contribution in [1.29, 1.82) is 0 Å². The molecule has 118 valence electrons. The van der Waals surface area contributed by atoms with Gasteiger partial charge in [-0.1, -0.05) is 44.2 Å². The summed E-state index contributed by atoms with van der Waals surface area (Å²) in [5, 5.41) is 12.3. The Labute approximate surface area is 131 Å². The van der Waals surface area contributed by atoms with Gasteiger partial charge in [0, 0.05) is 5.69 Å². The molecule has 1 amide bonds. The van der Waals surface area contributed by atoms with Gasteiger partial charge in [0.1, 0.15) is 0 Å². The second-order valence-corrected chi connectivity index (χ2v) is 5.64. The molecule has 0 aliphatic heterocycles. The quantitative estimate of drug-likeness (QED) is 0.819. The molecule has 4 heteroatoms. The summed E-state index contributed by atoms with van der Waals surface area (Å²) in [6, 6.07) is 6.01. The summed E-state index contributed by atoms with van der Waals surface area (Å²) in [6.45, 7) is 4.10. The maximum Gasteiger partial charge on any atom is 0.307 e. The van der Waals surface area contributed by atoms with Crippen LogP contribution in [-0.4, -0.2) is 17.0 Å². The zero-order chi connectivity index (χ0) is 16.1. The van der Waals surface area contributed by atoms with Crippen molar-refractivity contribution in [3.05, 3.63) is 41.5 Å². The maximum atomic E-state index is 12.6. The lowest BCUT2D eigenvalue weighted by molar-refractivity contribution is -0.146. The van der Waals surface area contributed by atoms with Crippen LogP contribution in [0.3, 0.4) is 0 Å². The van der Waals surface area contributed by atoms with Gasteiger partial charge >= 0.3 is 5.97 Å². The molecule has 0 saturated carbocycles. The minimum absolute atomic E-state index is 0.188. The molecule has 4 nitrogen and oxygen atoms in total. The number of allylic oxidation sites excluding steroid dienone is 2. The molecule has 0 fully saturated rings. The van der Waals surface area contributed by atoms with Gasteiger partial charge in [0.15, 0.2) is 0 Å². The van der Waals surface area contributed by atoms with Gasteiger partial charge in [0.05, 0.1) is 11.8 Å². The van der Waals surface area contributed by atoms with Crippen LogP contribution in [0.1, 0.15) is 37.8 Å². The van der Waals surface area contributed by atoms with E-state index in [1.165, 1.54) is 0 Å². The van der Waals surface area contributed by atoms with E-state index < -0.39 is 17.8 Å². The second kappa shape index (κ2) is 7.25. The van der Waals surface area contributed by atoms with E-state index in [0.717, 1.165) is 29.7 Å². The molecule has 1 aliphatic rings. The van der Waals surface area contributed by atoms with Crippen molar-refractivity contribution in [3.8, 4) is 0 Å². The zero-order valence-corrected chi connectivity index (χ0v) is 13.1. The molecule has 2 rings (SSSR count). The van der Waals surface area contributed by atoms with Gasteiger partial charge in [-0.25, -0.2) is 0 Å². The Balaban J connectivity index is 2.25. The summed E-state index contributed by atoms with van der Waals surface area (Å²) in [5.74, 6) is -2.22. The number of para-hydroxylation sites is 1. The number of nitrogens with one attached hydrogen (secondary N) is 1. The van der Waals surface area contributed by atoms with E-state index in [9.17, 15) is 14.7 Å². The monoisotopic (exact) mass is 301 g/mol. The van der Waals surface area contributed by atoms with E-state index in [4.69, 9.17) is 0 Å². The first kappa shape index (κ1) is 16.3. The highest BCUT2D eigenvalue weighted by Crippen LogP contribution is 2.29. The maximum absolute atomic E-state index is 12.6. The molecule has 0 unspecified atom stereocenters. The highest BCUT2D eigenvalue weighted by atomic mass is 16.4. The Morgan fingerprint density at radius 3 is 2.14 bits per heavy atom. The molecule has 1 aromatic rings. The van der Waals surface area contributed by atoms with Gasteiger partial charge in [-0.3, -0.25) is 9.59 Å². The molecule has 0 heterocycles. The van der Waals surface area contributed by atoms with Crippen LogP contribution in [0.4, 0.5) is 5.69 Å². The molecule has 0 bridgehead atoms. The Kier molecular flexibility index (Phi) is 5.36. The summed E-state index contributed by atoms with van der Waals surface area (Å²) < 4.78 is 0. The van der Waals surface area contributed by atoms with Crippen molar-refractivity contribution in [2.24, 2.45) is 11.8 Å². The van der Waals surface area contributed by atoms with Crippen LogP contribution in [0.25, 0.3) is 0 Å². The lowest BCUT2D eigenvalue weighted by atomic mass is 9.82. The van der Waals surface area contributed by atoms with Crippen molar-refractivity contribution in [2.75, 3.05) is 5.32 Å². The number of benzene rings is 1. The number of anilines is 1. The number of carbonyl (C=O) groups is 2. The molecular weight excluding hydrogens is 278 g/mol. The number of hydrogen-bond donors (Lipinski definition) is 2. The Bertz CT molecular complexity index is 570. The predicted molar refractivity (Wildman–Crippen MR) is 86.8 cm³/mol. The van der Waals surface area contributed by atoms with Crippen LogP contribution in [-0.2, 0) is 22.4 Å². The molecule has 0 saturated heterocycles.